The highest BCUT2D eigenvalue weighted by molar-refractivity contribution is 5.70. The highest BCUT2D eigenvalue weighted by Gasteiger charge is 2.15. The number of carbonyl (C=O) groups excluding carboxylic acids is 2. The summed E-state index contributed by atoms with van der Waals surface area (Å²) in [5.74, 6) is -0.703. The van der Waals surface area contributed by atoms with Gasteiger partial charge in [0.2, 0.25) is 0 Å². The number of unbranched alkanes of at least 4 members (excludes halogenated alkanes) is 13. The predicted octanol–water partition coefficient (Wildman–Crippen LogP) is 12.7. The van der Waals surface area contributed by atoms with Crippen LogP contribution in [-0.2, 0) is 19.1 Å². The van der Waals surface area contributed by atoms with Gasteiger partial charge in [-0.1, -0.05) is 157 Å². The molecule has 5 nitrogen and oxygen atoms in total. The molecule has 0 amide bonds. The van der Waals surface area contributed by atoms with E-state index in [-0.39, 0.29) is 31.6 Å². The normalized spacial score (nSPS) is 13.1. The highest BCUT2D eigenvalue weighted by atomic mass is 16.6. The van der Waals surface area contributed by atoms with Crippen LogP contribution in [0.1, 0.15) is 168 Å². The van der Waals surface area contributed by atoms with Gasteiger partial charge in [0.15, 0.2) is 6.10 Å². The summed E-state index contributed by atoms with van der Waals surface area (Å²) >= 11 is 0. The van der Waals surface area contributed by atoms with E-state index in [1.165, 1.54) is 77.0 Å². The number of aliphatic hydroxyl groups is 1. The third-order valence-electron chi connectivity index (χ3n) is 8.17. The minimum absolute atomic E-state index is 0.113. The summed E-state index contributed by atoms with van der Waals surface area (Å²) in [6.07, 6.45) is 55.0. The lowest BCUT2D eigenvalue weighted by Gasteiger charge is -2.15. The molecule has 0 aromatic carbocycles. The van der Waals surface area contributed by atoms with Crippen LogP contribution >= 0.6 is 0 Å². The summed E-state index contributed by atoms with van der Waals surface area (Å²) in [5, 5.41) is 9.55. The number of carbonyl (C=O) groups is 2. The topological polar surface area (TPSA) is 72.8 Å². The Kier molecular flexibility index (Phi) is 38.1. The summed E-state index contributed by atoms with van der Waals surface area (Å²) in [6, 6.07) is 0. The molecule has 50 heavy (non-hydrogen) atoms. The van der Waals surface area contributed by atoms with E-state index in [2.05, 4.69) is 86.8 Å². The molecule has 0 saturated heterocycles. The Balaban J connectivity index is 3.72. The Bertz CT molecular complexity index is 968. The molecule has 1 atom stereocenters. The third kappa shape index (κ3) is 37.9. The molecule has 0 bridgehead atoms. The van der Waals surface area contributed by atoms with E-state index >= 15 is 0 Å². The maximum absolute atomic E-state index is 12.2. The Labute approximate surface area is 307 Å². The van der Waals surface area contributed by atoms with Crippen molar-refractivity contribution >= 4 is 11.9 Å². The van der Waals surface area contributed by atoms with E-state index < -0.39 is 6.10 Å². The van der Waals surface area contributed by atoms with Gasteiger partial charge in [0, 0.05) is 12.8 Å². The van der Waals surface area contributed by atoms with Crippen molar-refractivity contribution in [2.75, 3.05) is 13.2 Å². The lowest BCUT2D eigenvalue weighted by atomic mass is 10.1. The van der Waals surface area contributed by atoms with E-state index in [0.29, 0.717) is 12.8 Å². The fourth-order valence-corrected chi connectivity index (χ4v) is 5.09. The van der Waals surface area contributed by atoms with Gasteiger partial charge in [-0.25, -0.2) is 0 Å². The first-order valence-electron chi connectivity index (χ1n) is 20.1. The number of rotatable bonds is 35. The number of allylic oxidation sites excluding steroid dienone is 14. The monoisotopic (exact) mass is 695 g/mol. The molecule has 0 spiro atoms. The van der Waals surface area contributed by atoms with Crippen molar-refractivity contribution in [2.24, 2.45) is 0 Å². The molecule has 0 aromatic rings. The average Bonchev–Trinajstić information content (AvgIpc) is 3.12. The van der Waals surface area contributed by atoms with Gasteiger partial charge in [-0.15, -0.1) is 0 Å². The minimum Gasteiger partial charge on any atom is -0.462 e. The molecule has 0 aliphatic carbocycles. The van der Waals surface area contributed by atoms with Crippen LogP contribution in [0.3, 0.4) is 0 Å². The van der Waals surface area contributed by atoms with Crippen LogP contribution in [0.2, 0.25) is 0 Å². The fourth-order valence-electron chi connectivity index (χ4n) is 5.09. The van der Waals surface area contributed by atoms with E-state index in [1.807, 2.05) is 12.2 Å². The Hall–Kier alpha value is -2.92. The second kappa shape index (κ2) is 40.5. The number of aliphatic hydroxyl groups excluding tert-OH is 1. The van der Waals surface area contributed by atoms with Crippen molar-refractivity contribution in [3.63, 3.8) is 0 Å². The minimum atomic E-state index is -0.810. The number of hydrogen-bond acceptors (Lipinski definition) is 5. The molecule has 0 aromatic heterocycles. The smallest absolute Gasteiger partial charge is 0.306 e. The summed E-state index contributed by atoms with van der Waals surface area (Å²) in [4.78, 5) is 24.2. The Morgan fingerprint density at radius 3 is 1.28 bits per heavy atom. The molecule has 0 fully saturated rings. The zero-order valence-corrected chi connectivity index (χ0v) is 32.1. The quantitative estimate of drug-likeness (QED) is 0.0406. The van der Waals surface area contributed by atoms with Crippen LogP contribution in [-0.4, -0.2) is 36.4 Å². The van der Waals surface area contributed by atoms with Crippen LogP contribution in [0, 0.1) is 0 Å². The van der Waals surface area contributed by atoms with Crippen LogP contribution in [0.5, 0.6) is 0 Å². The number of hydrogen-bond donors (Lipinski definition) is 1. The van der Waals surface area contributed by atoms with Crippen molar-refractivity contribution < 1.29 is 24.2 Å². The molecule has 0 radical (unpaired) electrons. The average molecular weight is 695 g/mol. The van der Waals surface area contributed by atoms with Crippen molar-refractivity contribution in [3.05, 3.63) is 85.1 Å². The maximum atomic E-state index is 12.2. The van der Waals surface area contributed by atoms with Crippen molar-refractivity contribution in [1.29, 1.82) is 0 Å². The molecular formula is C45H74O5. The van der Waals surface area contributed by atoms with Crippen LogP contribution in [0.15, 0.2) is 85.1 Å². The molecule has 5 heteroatoms. The number of ether oxygens (including phenoxy) is 2. The summed E-state index contributed by atoms with van der Waals surface area (Å²) in [7, 11) is 0. The van der Waals surface area contributed by atoms with E-state index in [9.17, 15) is 14.7 Å². The van der Waals surface area contributed by atoms with Gasteiger partial charge >= 0.3 is 11.9 Å². The molecule has 0 rings (SSSR count). The van der Waals surface area contributed by atoms with Gasteiger partial charge in [0.1, 0.15) is 6.61 Å². The highest BCUT2D eigenvalue weighted by Crippen LogP contribution is 2.11. The van der Waals surface area contributed by atoms with E-state index in [0.717, 1.165) is 57.8 Å². The van der Waals surface area contributed by atoms with Crippen LogP contribution in [0.25, 0.3) is 0 Å². The zero-order chi connectivity index (χ0) is 36.4. The van der Waals surface area contributed by atoms with Gasteiger partial charge in [-0.3, -0.25) is 9.59 Å². The predicted molar refractivity (Wildman–Crippen MR) is 214 cm³/mol. The third-order valence-corrected chi connectivity index (χ3v) is 8.17. The molecule has 0 aliphatic heterocycles. The molecule has 1 unspecified atom stereocenters. The van der Waals surface area contributed by atoms with Gasteiger partial charge in [-0.2, -0.15) is 0 Å². The molecule has 1 N–H and O–H groups in total. The lowest BCUT2D eigenvalue weighted by molar-refractivity contribution is -0.161. The second-order valence-corrected chi connectivity index (χ2v) is 13.0. The largest absolute Gasteiger partial charge is 0.462 e. The van der Waals surface area contributed by atoms with E-state index in [4.69, 9.17) is 9.47 Å². The SMILES string of the molecule is CCCCCC=CCC=CCC=CCC=CCC=CCCC(=O)OCC(CO)OC(=O)CCCCCCCCCC=CCC=CCCCCC. The standard InChI is InChI=1S/C45H74O5/c1-3-5-7-9-11-13-15-17-19-21-22-24-25-27-29-31-33-35-37-39-44(47)49-42-43(41-46)50-45(48)40-38-36-34-32-30-28-26-23-20-18-16-14-12-10-8-6-4-2/h11-14,17-20,22,24,27,29,33,35,43,46H,3-10,15-16,21,23,25-26,28,30-32,34,36-42H2,1-2H3. The molecular weight excluding hydrogens is 620 g/mol. The summed E-state index contributed by atoms with van der Waals surface area (Å²) in [6.45, 7) is 4.00. The number of esters is 2. The Morgan fingerprint density at radius 2 is 0.840 bits per heavy atom. The molecule has 284 valence electrons. The van der Waals surface area contributed by atoms with Gasteiger partial charge < -0.3 is 14.6 Å². The van der Waals surface area contributed by atoms with Gasteiger partial charge in [-0.05, 0) is 83.5 Å². The first-order valence-corrected chi connectivity index (χ1v) is 20.1. The van der Waals surface area contributed by atoms with Crippen LogP contribution in [0.4, 0.5) is 0 Å². The maximum Gasteiger partial charge on any atom is 0.306 e. The lowest BCUT2D eigenvalue weighted by Crippen LogP contribution is -2.28. The van der Waals surface area contributed by atoms with Crippen molar-refractivity contribution in [2.45, 2.75) is 174 Å². The van der Waals surface area contributed by atoms with Crippen molar-refractivity contribution in [3.8, 4) is 0 Å². The molecule has 0 heterocycles. The van der Waals surface area contributed by atoms with Gasteiger partial charge in [0.05, 0.1) is 6.61 Å². The van der Waals surface area contributed by atoms with Crippen LogP contribution < -0.4 is 0 Å². The molecule has 0 saturated carbocycles. The summed E-state index contributed by atoms with van der Waals surface area (Å²) < 4.78 is 10.5. The summed E-state index contributed by atoms with van der Waals surface area (Å²) in [5.41, 5.74) is 0. The first kappa shape index (κ1) is 47.1. The van der Waals surface area contributed by atoms with Crippen molar-refractivity contribution in [1.82, 2.24) is 0 Å². The molecule has 0 aliphatic rings. The zero-order valence-electron chi connectivity index (χ0n) is 32.1. The second-order valence-electron chi connectivity index (χ2n) is 13.0. The Morgan fingerprint density at radius 1 is 0.460 bits per heavy atom. The fraction of sp³-hybridized carbons (Fsp3) is 0.644. The van der Waals surface area contributed by atoms with Gasteiger partial charge in [0.25, 0.3) is 0 Å². The first-order chi connectivity index (χ1) is 24.6. The van der Waals surface area contributed by atoms with E-state index in [1.54, 1.807) is 0 Å².